The van der Waals surface area contributed by atoms with Crippen molar-refractivity contribution in [2.45, 2.75) is 129 Å². The van der Waals surface area contributed by atoms with Crippen molar-refractivity contribution in [1.29, 1.82) is 0 Å². The normalized spacial score (nSPS) is 27.6. The number of hydrogen-bond acceptors (Lipinski definition) is 8. The average Bonchev–Trinajstić information content (AvgIpc) is 3.38. The first kappa shape index (κ1) is 38.4. The molecule has 9 heterocycles. The molecule has 0 aliphatic carbocycles. The molecule has 6 unspecified atom stereocenters. The first-order valence-corrected chi connectivity index (χ1v) is 20.8. The summed E-state index contributed by atoms with van der Waals surface area (Å²) in [5.41, 5.74) is 4.79. The molecule has 6 aliphatic rings. The molecule has 3 aromatic heterocycles. The Labute approximate surface area is 318 Å². The van der Waals surface area contributed by atoms with E-state index in [2.05, 4.69) is 32.7 Å². The molecule has 3 N–H and O–H groups in total. The number of aromatic nitrogens is 3. The van der Waals surface area contributed by atoms with Gasteiger partial charge in [0.2, 0.25) is 0 Å². The van der Waals surface area contributed by atoms with Gasteiger partial charge in [0, 0.05) is 79.0 Å². The van der Waals surface area contributed by atoms with E-state index in [1.807, 2.05) is 10.6 Å². The molecule has 3 saturated heterocycles. The first-order chi connectivity index (χ1) is 26.1. The molecule has 11 nitrogen and oxygen atoms in total. The molecule has 3 fully saturated rings. The van der Waals surface area contributed by atoms with Crippen molar-refractivity contribution in [1.82, 2.24) is 24.3 Å². The summed E-state index contributed by atoms with van der Waals surface area (Å²) in [5, 5.41) is 7.88. The fraction of sp³-hybridized carbons (Fsp3) is 0.651. The number of carbonyl (C=O) groups is 3. The predicted molar refractivity (Wildman–Crippen MR) is 212 cm³/mol. The van der Waals surface area contributed by atoms with Gasteiger partial charge < -0.3 is 24.8 Å². The van der Waals surface area contributed by atoms with Crippen LogP contribution in [0.5, 0.6) is 0 Å². The van der Waals surface area contributed by atoms with Gasteiger partial charge in [-0.1, -0.05) is 0 Å². The molecule has 11 heteroatoms. The van der Waals surface area contributed by atoms with Crippen molar-refractivity contribution in [3.8, 4) is 0 Å². The minimum atomic E-state index is -0.0173. The Morgan fingerprint density at radius 1 is 0.704 bits per heavy atom. The van der Waals surface area contributed by atoms with Gasteiger partial charge in [-0.25, -0.2) is 0 Å². The van der Waals surface area contributed by atoms with Gasteiger partial charge in [-0.15, -0.1) is 0 Å². The summed E-state index contributed by atoms with van der Waals surface area (Å²) in [6.07, 6.45) is 15.6. The van der Waals surface area contributed by atoms with Gasteiger partial charge in [-0.05, 0) is 147 Å². The summed E-state index contributed by atoms with van der Waals surface area (Å²) in [7, 11) is 0. The van der Waals surface area contributed by atoms with Crippen LogP contribution in [0.2, 0.25) is 0 Å². The van der Waals surface area contributed by atoms with Crippen LogP contribution in [0.4, 0.5) is 5.69 Å². The number of nitrogens with zero attached hydrogens (tertiary/aromatic N) is 3. The molecule has 0 amide bonds. The zero-order valence-electron chi connectivity index (χ0n) is 32.6. The van der Waals surface area contributed by atoms with Gasteiger partial charge >= 0.3 is 0 Å². The smallest absolute Gasteiger partial charge is 0.275 e. The van der Waals surface area contributed by atoms with Crippen LogP contribution in [-0.4, -0.2) is 74.6 Å². The number of carbonyl (C=O) groups excluding carboxylic acids is 3. The van der Waals surface area contributed by atoms with Crippen molar-refractivity contribution in [2.75, 3.05) is 31.5 Å². The van der Waals surface area contributed by atoms with Crippen LogP contribution in [0, 0.1) is 23.7 Å². The zero-order valence-corrected chi connectivity index (χ0v) is 32.6. The van der Waals surface area contributed by atoms with Crippen molar-refractivity contribution in [3.05, 3.63) is 62.1 Å². The summed E-state index contributed by atoms with van der Waals surface area (Å²) in [6.45, 7) is 10.6. The largest absolute Gasteiger partial charge is 0.380 e. The summed E-state index contributed by atoms with van der Waals surface area (Å²) in [5.74, 6) is 1.98. The second-order valence-corrected chi connectivity index (χ2v) is 16.9. The number of fused-ring (bicyclic) bond motifs is 6. The van der Waals surface area contributed by atoms with Gasteiger partial charge in [0.05, 0.1) is 0 Å². The number of aromatic amines is 1. The molecule has 9 rings (SSSR count). The van der Waals surface area contributed by atoms with Crippen LogP contribution in [0.25, 0.3) is 10.9 Å². The monoisotopic (exact) mass is 740 g/mol. The molecule has 292 valence electrons. The van der Waals surface area contributed by atoms with Crippen molar-refractivity contribution in [2.24, 2.45) is 23.7 Å². The summed E-state index contributed by atoms with van der Waals surface area (Å²) >= 11 is 0. The number of hydrogen-bond donors (Lipinski definition) is 3. The summed E-state index contributed by atoms with van der Waals surface area (Å²) in [6, 6.07) is 7.56. The number of pyridine rings is 2. The van der Waals surface area contributed by atoms with Crippen LogP contribution >= 0.6 is 0 Å². The van der Waals surface area contributed by atoms with E-state index in [0.29, 0.717) is 36.3 Å². The fourth-order valence-corrected chi connectivity index (χ4v) is 10.1. The Morgan fingerprint density at radius 2 is 1.39 bits per heavy atom. The van der Waals surface area contributed by atoms with E-state index in [4.69, 9.17) is 0 Å². The van der Waals surface area contributed by atoms with Crippen LogP contribution < -0.4 is 21.8 Å². The molecule has 0 spiro atoms. The van der Waals surface area contributed by atoms with Gasteiger partial charge in [-0.2, -0.15) is 0 Å². The maximum absolute atomic E-state index is 12.6. The van der Waals surface area contributed by atoms with Gasteiger partial charge in [0.15, 0.2) is 0 Å². The van der Waals surface area contributed by atoms with E-state index in [1.54, 1.807) is 31.5 Å². The molecule has 6 atom stereocenters. The second-order valence-electron chi connectivity index (χ2n) is 16.9. The maximum atomic E-state index is 12.6. The molecular weight excluding hydrogens is 681 g/mol. The van der Waals surface area contributed by atoms with Gasteiger partial charge in [0.1, 0.15) is 28.6 Å². The average molecular weight is 741 g/mol. The molecule has 3 aromatic rings. The van der Waals surface area contributed by atoms with Crippen LogP contribution in [0.3, 0.4) is 0 Å². The van der Waals surface area contributed by atoms with E-state index in [1.165, 1.54) is 32.4 Å². The number of piperidine rings is 3. The van der Waals surface area contributed by atoms with E-state index in [9.17, 15) is 24.0 Å². The Bertz CT molecular complexity index is 1980. The lowest BCUT2D eigenvalue weighted by molar-refractivity contribution is -0.124. The number of H-pyrrole nitrogens is 1. The minimum absolute atomic E-state index is 0.000547. The van der Waals surface area contributed by atoms with E-state index in [-0.39, 0.29) is 34.5 Å². The Hall–Kier alpha value is -3.83. The lowest BCUT2D eigenvalue weighted by Crippen LogP contribution is -2.58. The van der Waals surface area contributed by atoms with Gasteiger partial charge in [-0.3, -0.25) is 28.9 Å². The van der Waals surface area contributed by atoms with Crippen molar-refractivity contribution >= 4 is 33.9 Å². The molecule has 0 radical (unpaired) electrons. The van der Waals surface area contributed by atoms with Crippen LogP contribution in [-0.2, 0) is 46.7 Å². The van der Waals surface area contributed by atoms with Crippen molar-refractivity contribution in [3.63, 3.8) is 0 Å². The quantitative estimate of drug-likeness (QED) is 0.340. The Morgan fingerprint density at radius 3 is 2.09 bits per heavy atom. The third kappa shape index (κ3) is 8.37. The molecule has 0 bridgehead atoms. The molecule has 0 saturated carbocycles. The fourth-order valence-electron chi connectivity index (χ4n) is 10.1. The number of anilines is 1. The zero-order chi connectivity index (χ0) is 37.9. The number of aryl methyl sites for hydroxylation is 3. The van der Waals surface area contributed by atoms with Crippen LogP contribution in [0.1, 0.15) is 102 Å². The van der Waals surface area contributed by atoms with E-state index < -0.39 is 0 Å². The minimum Gasteiger partial charge on any atom is -0.380 e. The number of nitrogens with one attached hydrogen (secondary N) is 3. The lowest BCUT2D eigenvalue weighted by Gasteiger charge is -2.49. The summed E-state index contributed by atoms with van der Waals surface area (Å²) < 4.78 is 3.61. The second kappa shape index (κ2) is 16.9. The van der Waals surface area contributed by atoms with Crippen LogP contribution in [0.15, 0.2) is 34.0 Å². The Kier molecular flexibility index (Phi) is 12.0. The topological polar surface area (TPSA) is 138 Å². The van der Waals surface area contributed by atoms with E-state index >= 15 is 0 Å². The molecule has 54 heavy (non-hydrogen) atoms. The number of ketones is 3. The predicted octanol–water partition coefficient (Wildman–Crippen LogP) is 5.05. The number of rotatable bonds is 3. The molecule has 0 aromatic carbocycles. The third-order valence-electron chi connectivity index (χ3n) is 13.4. The molecule has 6 aliphatic heterocycles. The van der Waals surface area contributed by atoms with E-state index in [0.717, 1.165) is 117 Å². The standard InChI is InChI=1S/C15H20N2O2.C14H16N2O2.C14H24N2O/c1-10(18)12-4-2-6-13-8-11-5-3-7-16-14(11)15(19)17(13)9-12;1-9(17)11-3-2-4-12-7-10-5-6-15-13(10)14(18)16(12)8-11;1-10(17)11-4-6-16-9-12-3-2-5-15-14(12)8-13(16)7-11/h8,12,16H,2-7,9H2,1H3;5-7,11,15H,2-4,8H2,1H3;11-15H,2-9H2,1H3. The summed E-state index contributed by atoms with van der Waals surface area (Å²) in [4.78, 5) is 65.3. The number of Topliss-reactive ketones (excluding diaryl/α,β-unsaturated/α-hetero) is 3. The first-order valence-electron chi connectivity index (χ1n) is 20.8. The highest BCUT2D eigenvalue weighted by Crippen LogP contribution is 2.35. The molecular formula is C43H60N6O5. The third-order valence-corrected chi connectivity index (χ3v) is 13.4. The highest BCUT2D eigenvalue weighted by Gasteiger charge is 2.40. The highest BCUT2D eigenvalue weighted by molar-refractivity contribution is 5.80. The lowest BCUT2D eigenvalue weighted by atomic mass is 9.76. The SMILES string of the molecule is CC(=O)C1CCCc2cc3c(c(=O)n2C1)NCCC3.CC(=O)C1CCCc2cc3cc[nH]c3c(=O)n2C1.CC(=O)C1CCN2CC3CCCNC3CC2C1. The highest BCUT2D eigenvalue weighted by atomic mass is 16.1. The Balaban J connectivity index is 0.000000125. The van der Waals surface area contributed by atoms with Crippen molar-refractivity contribution < 1.29 is 14.4 Å². The maximum Gasteiger partial charge on any atom is 0.275 e. The van der Waals surface area contributed by atoms with Gasteiger partial charge in [0.25, 0.3) is 11.1 Å².